The Kier molecular flexibility index (Phi) is 6.01. The van der Waals surface area contributed by atoms with Crippen LogP contribution in [-0.2, 0) is 0 Å². The van der Waals surface area contributed by atoms with Gasteiger partial charge in [0.1, 0.15) is 0 Å². The van der Waals surface area contributed by atoms with Crippen LogP contribution in [0, 0.1) is 0 Å². The number of amides is 2. The molecule has 0 N–H and O–H groups in total. The molecule has 0 aliphatic carbocycles. The number of halogens is 1. The van der Waals surface area contributed by atoms with Crippen molar-refractivity contribution < 1.29 is 9.59 Å². The molecule has 2 aromatic carbocycles. The second-order valence-corrected chi connectivity index (χ2v) is 7.51. The van der Waals surface area contributed by atoms with Crippen LogP contribution in [0.1, 0.15) is 48.4 Å². The Balaban J connectivity index is 2.47. The van der Waals surface area contributed by atoms with Crippen LogP contribution in [0.15, 0.2) is 59.1 Å². The van der Waals surface area contributed by atoms with E-state index in [2.05, 4.69) is 15.9 Å². The number of benzene rings is 2. The normalized spacial score (nSPS) is 11.1. The Labute approximate surface area is 157 Å². The third-order valence-corrected chi connectivity index (χ3v) is 4.42. The van der Waals surface area contributed by atoms with Gasteiger partial charge in [-0.1, -0.05) is 30.3 Å². The van der Waals surface area contributed by atoms with Crippen LogP contribution in [0.4, 0.5) is 0 Å². The van der Waals surface area contributed by atoms with E-state index in [9.17, 15) is 9.59 Å². The lowest BCUT2D eigenvalue weighted by atomic mass is 10.1. The van der Waals surface area contributed by atoms with Gasteiger partial charge in [0.25, 0.3) is 11.8 Å². The molecular weight excluding hydrogens is 380 g/mol. The predicted octanol–water partition coefficient (Wildman–Crippen LogP) is 4.77. The van der Waals surface area contributed by atoms with E-state index in [-0.39, 0.29) is 11.8 Å². The highest BCUT2D eigenvalue weighted by atomic mass is 79.9. The molecule has 4 nitrogen and oxygen atoms in total. The standard InChI is InChI=1S/C20H23BrN2O2/c1-5-22(18(24)15-11-7-6-8-12-15)23(20(2,3)4)19(25)16-13-9-10-14-17(16)21/h6-14H,5H2,1-4H3. The zero-order chi connectivity index (χ0) is 18.6. The Bertz CT molecular complexity index is 754. The van der Waals surface area contributed by atoms with E-state index in [1.165, 1.54) is 5.01 Å². The van der Waals surface area contributed by atoms with E-state index in [0.29, 0.717) is 22.1 Å². The highest BCUT2D eigenvalue weighted by molar-refractivity contribution is 9.10. The fraction of sp³-hybridized carbons (Fsp3) is 0.300. The first-order valence-corrected chi connectivity index (χ1v) is 9.02. The second kappa shape index (κ2) is 7.83. The van der Waals surface area contributed by atoms with E-state index in [4.69, 9.17) is 0 Å². The lowest BCUT2D eigenvalue weighted by Crippen LogP contribution is -2.58. The lowest BCUT2D eigenvalue weighted by molar-refractivity contribution is -0.0411. The molecule has 0 aromatic heterocycles. The fourth-order valence-electron chi connectivity index (χ4n) is 2.63. The van der Waals surface area contributed by atoms with Gasteiger partial charge >= 0.3 is 0 Å². The second-order valence-electron chi connectivity index (χ2n) is 6.65. The summed E-state index contributed by atoms with van der Waals surface area (Å²) in [6.45, 7) is 8.02. The molecule has 2 amide bonds. The van der Waals surface area contributed by atoms with Crippen LogP contribution in [0.2, 0.25) is 0 Å². The summed E-state index contributed by atoms with van der Waals surface area (Å²) in [7, 11) is 0. The minimum Gasteiger partial charge on any atom is -0.267 e. The van der Waals surface area contributed by atoms with Gasteiger partial charge < -0.3 is 0 Å². The molecule has 2 aromatic rings. The van der Waals surface area contributed by atoms with E-state index in [1.54, 1.807) is 23.2 Å². The largest absolute Gasteiger partial charge is 0.274 e. The molecule has 0 saturated heterocycles. The van der Waals surface area contributed by atoms with Gasteiger partial charge in [0.15, 0.2) is 0 Å². The first kappa shape index (κ1) is 19.2. The monoisotopic (exact) mass is 402 g/mol. The van der Waals surface area contributed by atoms with Gasteiger partial charge in [-0.05, 0) is 67.9 Å². The molecule has 0 spiro atoms. The molecule has 5 heteroatoms. The molecule has 0 saturated carbocycles. The van der Waals surface area contributed by atoms with Crippen molar-refractivity contribution in [3.63, 3.8) is 0 Å². The van der Waals surface area contributed by atoms with Crippen molar-refractivity contribution in [1.29, 1.82) is 0 Å². The summed E-state index contributed by atoms with van der Waals surface area (Å²) in [4.78, 5) is 26.3. The molecule has 0 radical (unpaired) electrons. The summed E-state index contributed by atoms with van der Waals surface area (Å²) < 4.78 is 0.706. The van der Waals surface area contributed by atoms with Gasteiger partial charge in [0, 0.05) is 16.6 Å². The highest BCUT2D eigenvalue weighted by Crippen LogP contribution is 2.25. The van der Waals surface area contributed by atoms with E-state index in [0.717, 1.165) is 0 Å². The van der Waals surface area contributed by atoms with Crippen LogP contribution in [0.5, 0.6) is 0 Å². The zero-order valence-corrected chi connectivity index (χ0v) is 16.6. The summed E-state index contributed by atoms with van der Waals surface area (Å²) in [6, 6.07) is 16.3. The molecule has 25 heavy (non-hydrogen) atoms. The molecule has 0 heterocycles. The topological polar surface area (TPSA) is 40.6 Å². The number of carbonyl (C=O) groups is 2. The van der Waals surface area contributed by atoms with E-state index in [1.807, 2.05) is 64.1 Å². The Morgan fingerprint density at radius 3 is 2.00 bits per heavy atom. The Morgan fingerprint density at radius 2 is 1.48 bits per heavy atom. The Morgan fingerprint density at radius 1 is 0.920 bits per heavy atom. The third-order valence-electron chi connectivity index (χ3n) is 3.73. The van der Waals surface area contributed by atoms with E-state index < -0.39 is 5.54 Å². The summed E-state index contributed by atoms with van der Waals surface area (Å²) in [6.07, 6.45) is 0. The molecule has 0 aliphatic heterocycles. The molecule has 0 fully saturated rings. The quantitative estimate of drug-likeness (QED) is 0.693. The molecule has 0 aliphatic rings. The van der Waals surface area contributed by atoms with Crippen molar-refractivity contribution >= 4 is 27.7 Å². The molecular formula is C20H23BrN2O2. The van der Waals surface area contributed by atoms with Gasteiger partial charge in [-0.3, -0.25) is 9.59 Å². The van der Waals surface area contributed by atoms with Gasteiger partial charge in [-0.25, -0.2) is 10.0 Å². The van der Waals surface area contributed by atoms with Crippen LogP contribution in [0.25, 0.3) is 0 Å². The number of hydrogen-bond acceptors (Lipinski definition) is 2. The zero-order valence-electron chi connectivity index (χ0n) is 15.0. The number of rotatable bonds is 3. The third kappa shape index (κ3) is 4.28. The Hall–Kier alpha value is -2.14. The van der Waals surface area contributed by atoms with Gasteiger partial charge in [0.2, 0.25) is 0 Å². The average molecular weight is 403 g/mol. The molecule has 0 atom stereocenters. The summed E-state index contributed by atoms with van der Waals surface area (Å²) in [5.41, 5.74) is 0.516. The smallest absolute Gasteiger partial charge is 0.267 e. The number of hydrogen-bond donors (Lipinski definition) is 0. The number of nitrogens with zero attached hydrogens (tertiary/aromatic N) is 2. The lowest BCUT2D eigenvalue weighted by Gasteiger charge is -2.43. The summed E-state index contributed by atoms with van der Waals surface area (Å²) in [5, 5.41) is 3.06. The maximum atomic E-state index is 13.3. The summed E-state index contributed by atoms with van der Waals surface area (Å²) >= 11 is 3.43. The van der Waals surface area contributed by atoms with Crippen molar-refractivity contribution in [2.45, 2.75) is 33.2 Å². The maximum absolute atomic E-state index is 13.3. The summed E-state index contributed by atoms with van der Waals surface area (Å²) in [5.74, 6) is -0.412. The SMILES string of the molecule is CCN(C(=O)c1ccccc1)N(C(=O)c1ccccc1Br)C(C)(C)C. The van der Waals surface area contributed by atoms with Crippen molar-refractivity contribution in [2.24, 2.45) is 0 Å². The highest BCUT2D eigenvalue weighted by Gasteiger charge is 2.35. The van der Waals surface area contributed by atoms with E-state index >= 15 is 0 Å². The first-order chi connectivity index (χ1) is 11.8. The fourth-order valence-corrected chi connectivity index (χ4v) is 3.09. The number of carbonyl (C=O) groups excluding carboxylic acids is 2. The first-order valence-electron chi connectivity index (χ1n) is 8.23. The molecule has 0 bridgehead atoms. The van der Waals surface area contributed by atoms with Crippen LogP contribution < -0.4 is 0 Å². The predicted molar refractivity (Wildman–Crippen MR) is 103 cm³/mol. The maximum Gasteiger partial charge on any atom is 0.274 e. The van der Waals surface area contributed by atoms with Crippen LogP contribution >= 0.6 is 15.9 Å². The van der Waals surface area contributed by atoms with Crippen LogP contribution in [0.3, 0.4) is 0 Å². The van der Waals surface area contributed by atoms with Gasteiger partial charge in [-0.2, -0.15) is 0 Å². The van der Waals surface area contributed by atoms with Crippen LogP contribution in [-0.4, -0.2) is 33.9 Å². The molecule has 2 rings (SSSR count). The molecule has 0 unspecified atom stereocenters. The minimum absolute atomic E-state index is 0.196. The number of hydrazine groups is 1. The van der Waals surface area contributed by atoms with Gasteiger partial charge in [-0.15, -0.1) is 0 Å². The minimum atomic E-state index is -0.563. The average Bonchev–Trinajstić information content (AvgIpc) is 2.58. The van der Waals surface area contributed by atoms with Crippen molar-refractivity contribution in [3.8, 4) is 0 Å². The molecule has 132 valence electrons. The van der Waals surface area contributed by atoms with Crippen molar-refractivity contribution in [1.82, 2.24) is 10.0 Å². The van der Waals surface area contributed by atoms with Gasteiger partial charge in [0.05, 0.1) is 11.1 Å². The van der Waals surface area contributed by atoms with Crippen molar-refractivity contribution in [3.05, 3.63) is 70.2 Å². The van der Waals surface area contributed by atoms with Crippen molar-refractivity contribution in [2.75, 3.05) is 6.54 Å².